The molecule has 0 aromatic heterocycles. The van der Waals surface area contributed by atoms with Gasteiger partial charge in [0.05, 0.1) is 4.90 Å². The highest BCUT2D eigenvalue weighted by Crippen LogP contribution is 2.25. The van der Waals surface area contributed by atoms with Crippen LogP contribution in [0.1, 0.15) is 62.6 Å². The molecule has 1 aliphatic heterocycles. The molecule has 5 heteroatoms. The molecule has 4 nitrogen and oxygen atoms in total. The highest BCUT2D eigenvalue weighted by atomic mass is 32.2. The number of rotatable bonds is 11. The van der Waals surface area contributed by atoms with Crippen LogP contribution < -0.4 is 4.72 Å². The molecule has 1 atom stereocenters. The first-order valence-corrected chi connectivity index (χ1v) is 12.5. The second kappa shape index (κ2) is 10.9. The van der Waals surface area contributed by atoms with Gasteiger partial charge in [0, 0.05) is 12.6 Å². The van der Waals surface area contributed by atoms with Gasteiger partial charge in [-0.15, -0.1) is 0 Å². The lowest BCUT2D eigenvalue weighted by Crippen LogP contribution is -2.36. The van der Waals surface area contributed by atoms with Crippen molar-refractivity contribution in [3.63, 3.8) is 0 Å². The van der Waals surface area contributed by atoms with Gasteiger partial charge in [0.15, 0.2) is 0 Å². The SMILES string of the molecule is CCCCCCc1ccc(S(=O)(=O)NCC(c2ccccc2)N2CCCC2)cc1. The highest BCUT2D eigenvalue weighted by Gasteiger charge is 2.25. The molecule has 1 unspecified atom stereocenters. The first-order chi connectivity index (χ1) is 14.1. The largest absolute Gasteiger partial charge is 0.295 e. The number of nitrogens with one attached hydrogen (secondary N) is 1. The van der Waals surface area contributed by atoms with Gasteiger partial charge in [0.2, 0.25) is 10.0 Å². The minimum absolute atomic E-state index is 0.0753. The van der Waals surface area contributed by atoms with Crippen molar-refractivity contribution in [2.24, 2.45) is 0 Å². The molecule has 1 aliphatic rings. The Morgan fingerprint density at radius 2 is 1.62 bits per heavy atom. The van der Waals surface area contributed by atoms with Crippen LogP contribution in [0.3, 0.4) is 0 Å². The Labute approximate surface area is 176 Å². The van der Waals surface area contributed by atoms with Gasteiger partial charge < -0.3 is 0 Å². The first kappa shape index (κ1) is 22.0. The van der Waals surface area contributed by atoms with Gasteiger partial charge in [-0.05, 0) is 62.0 Å². The number of unbranched alkanes of at least 4 members (excludes halogenated alkanes) is 3. The summed E-state index contributed by atoms with van der Waals surface area (Å²) < 4.78 is 28.6. The Morgan fingerprint density at radius 3 is 2.28 bits per heavy atom. The second-order valence-corrected chi connectivity index (χ2v) is 9.74. The third-order valence-corrected chi connectivity index (χ3v) is 7.22. The van der Waals surface area contributed by atoms with Crippen LogP contribution in [-0.4, -0.2) is 33.0 Å². The van der Waals surface area contributed by atoms with Crippen LogP contribution in [0, 0.1) is 0 Å². The van der Waals surface area contributed by atoms with E-state index in [0.717, 1.165) is 25.9 Å². The van der Waals surface area contributed by atoms with Gasteiger partial charge in [-0.2, -0.15) is 0 Å². The Balaban J connectivity index is 1.63. The third kappa shape index (κ3) is 6.39. The molecule has 0 saturated carbocycles. The molecular formula is C24H34N2O2S. The molecule has 0 radical (unpaired) electrons. The van der Waals surface area contributed by atoms with Crippen molar-refractivity contribution < 1.29 is 8.42 Å². The molecule has 29 heavy (non-hydrogen) atoms. The summed E-state index contributed by atoms with van der Waals surface area (Å²) in [5, 5.41) is 0. The molecule has 0 amide bonds. The van der Waals surface area contributed by atoms with Crippen LogP contribution in [0.5, 0.6) is 0 Å². The van der Waals surface area contributed by atoms with Gasteiger partial charge >= 0.3 is 0 Å². The maximum atomic E-state index is 12.9. The van der Waals surface area contributed by atoms with E-state index in [1.165, 1.54) is 43.2 Å². The van der Waals surface area contributed by atoms with Crippen molar-refractivity contribution in [3.05, 3.63) is 65.7 Å². The highest BCUT2D eigenvalue weighted by molar-refractivity contribution is 7.89. The number of sulfonamides is 1. The summed E-state index contributed by atoms with van der Waals surface area (Å²) in [5.41, 5.74) is 2.37. The van der Waals surface area contributed by atoms with Gasteiger partial charge in [0.1, 0.15) is 0 Å². The van der Waals surface area contributed by atoms with Gasteiger partial charge in [-0.3, -0.25) is 4.90 Å². The summed E-state index contributed by atoms with van der Waals surface area (Å²) in [5.74, 6) is 0. The average Bonchev–Trinajstić information content (AvgIpc) is 3.27. The molecule has 158 valence electrons. The second-order valence-electron chi connectivity index (χ2n) is 7.98. The third-order valence-electron chi connectivity index (χ3n) is 5.79. The Hall–Kier alpha value is -1.69. The predicted molar refractivity (Wildman–Crippen MR) is 119 cm³/mol. The van der Waals surface area contributed by atoms with E-state index in [9.17, 15) is 8.42 Å². The number of hydrogen-bond donors (Lipinski definition) is 1. The molecule has 3 rings (SSSR count). The van der Waals surface area contributed by atoms with Crippen LogP contribution in [0.25, 0.3) is 0 Å². The van der Waals surface area contributed by atoms with E-state index < -0.39 is 10.0 Å². The van der Waals surface area contributed by atoms with Crippen molar-refractivity contribution in [2.75, 3.05) is 19.6 Å². The minimum atomic E-state index is -3.52. The molecule has 0 spiro atoms. The van der Waals surface area contributed by atoms with Crippen molar-refractivity contribution in [3.8, 4) is 0 Å². The van der Waals surface area contributed by atoms with Crippen molar-refractivity contribution >= 4 is 10.0 Å². The van der Waals surface area contributed by atoms with E-state index in [4.69, 9.17) is 0 Å². The topological polar surface area (TPSA) is 49.4 Å². The number of benzene rings is 2. The lowest BCUT2D eigenvalue weighted by atomic mass is 10.1. The fourth-order valence-corrected chi connectivity index (χ4v) is 5.09. The summed E-state index contributed by atoms with van der Waals surface area (Å²) in [4.78, 5) is 2.74. The predicted octanol–water partition coefficient (Wildman–Crippen LogP) is 4.92. The molecular weight excluding hydrogens is 380 g/mol. The van der Waals surface area contributed by atoms with Crippen LogP contribution in [-0.2, 0) is 16.4 Å². The molecule has 1 saturated heterocycles. The summed E-state index contributed by atoms with van der Waals surface area (Å²) >= 11 is 0. The standard InChI is InChI=1S/C24H34N2O2S/c1-2-3-4-6-11-21-14-16-23(17-15-21)29(27,28)25-20-24(26-18-9-10-19-26)22-12-7-5-8-13-22/h5,7-8,12-17,24-25H,2-4,6,9-11,18-20H2,1H3. The zero-order valence-electron chi connectivity index (χ0n) is 17.5. The number of aryl methyl sites for hydroxylation is 1. The molecule has 1 N–H and O–H groups in total. The Bertz CT molecular complexity index is 829. The molecule has 0 aliphatic carbocycles. The zero-order valence-corrected chi connectivity index (χ0v) is 18.3. The smallest absolute Gasteiger partial charge is 0.240 e. The minimum Gasteiger partial charge on any atom is -0.295 e. The molecule has 0 bridgehead atoms. The van der Waals surface area contributed by atoms with Crippen LogP contribution >= 0.6 is 0 Å². The summed E-state index contributed by atoms with van der Waals surface area (Å²) in [6.45, 7) is 4.64. The Morgan fingerprint density at radius 1 is 0.931 bits per heavy atom. The first-order valence-electron chi connectivity index (χ1n) is 11.0. The molecule has 1 heterocycles. The van der Waals surface area contributed by atoms with E-state index in [-0.39, 0.29) is 6.04 Å². The molecule has 1 fully saturated rings. The number of hydrogen-bond acceptors (Lipinski definition) is 3. The maximum Gasteiger partial charge on any atom is 0.240 e. The summed E-state index contributed by atoms with van der Waals surface area (Å²) in [6.07, 6.45) is 8.24. The van der Waals surface area contributed by atoms with Crippen molar-refractivity contribution in [1.82, 2.24) is 9.62 Å². The Kier molecular flexibility index (Phi) is 8.28. The quantitative estimate of drug-likeness (QED) is 0.531. The van der Waals surface area contributed by atoms with Crippen molar-refractivity contribution in [2.45, 2.75) is 62.8 Å². The normalized spacial score (nSPS) is 16.2. The van der Waals surface area contributed by atoms with Crippen molar-refractivity contribution in [1.29, 1.82) is 0 Å². The molecule has 2 aromatic carbocycles. The van der Waals surface area contributed by atoms with Crippen LogP contribution in [0.2, 0.25) is 0 Å². The molecule has 2 aromatic rings. The van der Waals surface area contributed by atoms with E-state index in [2.05, 4.69) is 28.7 Å². The van der Waals surface area contributed by atoms with Crippen LogP contribution in [0.15, 0.2) is 59.5 Å². The van der Waals surface area contributed by atoms with Gasteiger partial charge in [-0.1, -0.05) is 68.7 Å². The number of likely N-dealkylation sites (tertiary alicyclic amines) is 1. The monoisotopic (exact) mass is 414 g/mol. The number of nitrogens with zero attached hydrogens (tertiary/aromatic N) is 1. The summed E-state index contributed by atoms with van der Waals surface area (Å²) in [6, 6.07) is 17.7. The van der Waals surface area contributed by atoms with E-state index in [1.54, 1.807) is 12.1 Å². The lowest BCUT2D eigenvalue weighted by molar-refractivity contribution is 0.246. The summed E-state index contributed by atoms with van der Waals surface area (Å²) in [7, 11) is -3.52. The van der Waals surface area contributed by atoms with Gasteiger partial charge in [-0.25, -0.2) is 13.1 Å². The van der Waals surface area contributed by atoms with E-state index in [0.29, 0.717) is 11.4 Å². The van der Waals surface area contributed by atoms with E-state index in [1.807, 2.05) is 30.3 Å². The zero-order chi connectivity index (χ0) is 20.5. The fourth-order valence-electron chi connectivity index (χ4n) is 4.05. The maximum absolute atomic E-state index is 12.9. The van der Waals surface area contributed by atoms with Gasteiger partial charge in [0.25, 0.3) is 0 Å². The van der Waals surface area contributed by atoms with Crippen LogP contribution in [0.4, 0.5) is 0 Å². The lowest BCUT2D eigenvalue weighted by Gasteiger charge is -2.28. The average molecular weight is 415 g/mol. The van der Waals surface area contributed by atoms with E-state index >= 15 is 0 Å². The fraction of sp³-hybridized carbons (Fsp3) is 0.500.